The van der Waals surface area contributed by atoms with Gasteiger partial charge >= 0.3 is 5.97 Å². The average molecular weight is 497 g/mol. The maximum absolute atomic E-state index is 11.7. The number of carbonyl (C=O) groups is 1. The Morgan fingerprint density at radius 1 is 0.917 bits per heavy atom. The monoisotopic (exact) mass is 496 g/mol. The van der Waals surface area contributed by atoms with Gasteiger partial charge in [0.05, 0.1) is 0 Å². The van der Waals surface area contributed by atoms with E-state index in [1.165, 1.54) is 69.8 Å². The number of hydrogen-bond donors (Lipinski definition) is 0. The summed E-state index contributed by atoms with van der Waals surface area (Å²) in [6.45, 7) is 23.4. The maximum Gasteiger partial charge on any atom is 0.302 e. The van der Waals surface area contributed by atoms with Crippen molar-refractivity contribution >= 4 is 5.97 Å². The van der Waals surface area contributed by atoms with Crippen LogP contribution >= 0.6 is 0 Å². The second-order valence-electron chi connectivity index (χ2n) is 15.5. The minimum Gasteiger partial charge on any atom is -0.462 e. The lowest BCUT2D eigenvalue weighted by molar-refractivity contribution is -0.165. The molecule has 0 amide bonds. The van der Waals surface area contributed by atoms with Gasteiger partial charge in [0, 0.05) is 6.92 Å². The first-order valence-corrected chi connectivity index (χ1v) is 15.7. The standard InChI is InChI=1S/C34H56O2/c1-21(2)26(22(3)4)11-10-23(5)27-14-16-32(9)30-13-12-28-24(6)29(36-25(7)35)15-17-33(28)20-34(30,33)19-18-31(27,32)8/h22-24,26-30H,1,10-20H2,2-9H3/t23-,24+,26-,27-,28?,29+,30?,31-,32+,33-,34+/m1/s1. The second-order valence-corrected chi connectivity index (χ2v) is 15.5. The zero-order chi connectivity index (χ0) is 26.3. The van der Waals surface area contributed by atoms with Crippen LogP contribution in [0, 0.1) is 63.1 Å². The van der Waals surface area contributed by atoms with Crippen molar-refractivity contribution < 1.29 is 9.53 Å². The van der Waals surface area contributed by atoms with E-state index in [-0.39, 0.29) is 12.1 Å². The number of carbonyl (C=O) groups excluding carboxylic acids is 1. The highest BCUT2D eigenvalue weighted by molar-refractivity contribution is 5.66. The topological polar surface area (TPSA) is 26.3 Å². The van der Waals surface area contributed by atoms with Crippen LogP contribution in [-0.4, -0.2) is 12.1 Å². The van der Waals surface area contributed by atoms with Crippen LogP contribution in [0.1, 0.15) is 126 Å². The molecule has 0 aromatic rings. The fourth-order valence-corrected chi connectivity index (χ4v) is 12.1. The lowest BCUT2D eigenvalue weighted by atomic mass is 9.43. The number of allylic oxidation sites excluding steroid dienone is 1. The average Bonchev–Trinajstić information content (AvgIpc) is 3.37. The summed E-state index contributed by atoms with van der Waals surface area (Å²) in [5.74, 6) is 5.19. The van der Waals surface area contributed by atoms with Crippen molar-refractivity contribution in [1.82, 2.24) is 0 Å². The molecule has 2 unspecified atom stereocenters. The van der Waals surface area contributed by atoms with Crippen molar-refractivity contribution in [2.45, 2.75) is 132 Å². The van der Waals surface area contributed by atoms with Crippen LogP contribution in [0.4, 0.5) is 0 Å². The van der Waals surface area contributed by atoms with Crippen LogP contribution in [0.5, 0.6) is 0 Å². The van der Waals surface area contributed by atoms with Crippen molar-refractivity contribution in [3.8, 4) is 0 Å². The van der Waals surface area contributed by atoms with Gasteiger partial charge < -0.3 is 4.74 Å². The van der Waals surface area contributed by atoms with Crippen LogP contribution in [0.15, 0.2) is 12.2 Å². The fraction of sp³-hybridized carbons (Fsp3) is 0.912. The first-order chi connectivity index (χ1) is 16.8. The van der Waals surface area contributed by atoms with E-state index in [9.17, 15) is 4.79 Å². The third-order valence-electron chi connectivity index (χ3n) is 14.1. The van der Waals surface area contributed by atoms with Gasteiger partial charge in [0.15, 0.2) is 0 Å². The summed E-state index contributed by atoms with van der Waals surface area (Å²) >= 11 is 0. The smallest absolute Gasteiger partial charge is 0.302 e. The molecule has 0 aromatic carbocycles. The minimum atomic E-state index is -0.0861. The van der Waals surface area contributed by atoms with Crippen molar-refractivity contribution in [1.29, 1.82) is 0 Å². The molecule has 2 heteroatoms. The van der Waals surface area contributed by atoms with Gasteiger partial charge in [-0.2, -0.15) is 0 Å². The van der Waals surface area contributed by atoms with Crippen molar-refractivity contribution in [2.24, 2.45) is 63.1 Å². The molecule has 36 heavy (non-hydrogen) atoms. The molecule has 5 aliphatic rings. The quantitative estimate of drug-likeness (QED) is 0.259. The highest BCUT2D eigenvalue weighted by atomic mass is 16.5. The Bertz CT molecular complexity index is 890. The molecule has 0 N–H and O–H groups in total. The molecule has 0 aromatic heterocycles. The molecule has 5 rings (SSSR count). The molecule has 204 valence electrons. The van der Waals surface area contributed by atoms with Crippen LogP contribution in [0.25, 0.3) is 0 Å². The summed E-state index contributed by atoms with van der Waals surface area (Å²) in [6.07, 6.45) is 15.3. The minimum absolute atomic E-state index is 0.0861. The first-order valence-electron chi connectivity index (χ1n) is 15.7. The van der Waals surface area contributed by atoms with Gasteiger partial charge in [-0.05, 0) is 141 Å². The van der Waals surface area contributed by atoms with Gasteiger partial charge in [0.25, 0.3) is 0 Å². The summed E-state index contributed by atoms with van der Waals surface area (Å²) in [6, 6.07) is 0. The van der Waals surface area contributed by atoms with E-state index in [1.54, 1.807) is 6.92 Å². The Balaban J connectivity index is 1.33. The zero-order valence-corrected chi connectivity index (χ0v) is 24.9. The number of rotatable bonds is 7. The third kappa shape index (κ3) is 3.57. The molecule has 0 bridgehead atoms. The number of esters is 1. The fourth-order valence-electron chi connectivity index (χ4n) is 12.1. The Kier molecular flexibility index (Phi) is 6.61. The van der Waals surface area contributed by atoms with E-state index in [0.29, 0.717) is 39.4 Å². The summed E-state index contributed by atoms with van der Waals surface area (Å²) in [5.41, 5.74) is 3.54. The van der Waals surface area contributed by atoms with E-state index in [4.69, 9.17) is 4.74 Å². The van der Waals surface area contributed by atoms with Crippen LogP contribution in [0.3, 0.4) is 0 Å². The predicted octanol–water partition coefficient (Wildman–Crippen LogP) is 9.23. The molecule has 0 saturated heterocycles. The SMILES string of the molecule is C=C(C)[C@@H](CC[C@@H](C)[C@H]1CC[C@@]2(C)C3CCC4[C@H](C)[C@@H](OC(C)=O)CC[C@@]45C[C@@]35CC[C@]12C)C(C)C. The molecule has 0 radical (unpaired) electrons. The third-order valence-corrected chi connectivity index (χ3v) is 14.1. The first kappa shape index (κ1) is 26.8. The molecule has 2 nitrogen and oxygen atoms in total. The molecule has 5 saturated carbocycles. The molecule has 2 spiro atoms. The van der Waals surface area contributed by atoms with Crippen LogP contribution in [0.2, 0.25) is 0 Å². The van der Waals surface area contributed by atoms with Gasteiger partial charge in [-0.3, -0.25) is 4.79 Å². The van der Waals surface area contributed by atoms with Crippen LogP contribution in [-0.2, 0) is 9.53 Å². The molecule has 5 aliphatic carbocycles. The molecule has 0 aliphatic heterocycles. The van der Waals surface area contributed by atoms with Crippen molar-refractivity contribution in [3.05, 3.63) is 12.2 Å². The van der Waals surface area contributed by atoms with Gasteiger partial charge in [-0.25, -0.2) is 0 Å². The van der Waals surface area contributed by atoms with Crippen molar-refractivity contribution in [2.75, 3.05) is 0 Å². The normalized spacial score (nSPS) is 48.8. The Labute approximate surface area is 222 Å². The van der Waals surface area contributed by atoms with Gasteiger partial charge in [-0.15, -0.1) is 0 Å². The van der Waals surface area contributed by atoms with E-state index in [0.717, 1.165) is 30.1 Å². The van der Waals surface area contributed by atoms with E-state index >= 15 is 0 Å². The van der Waals surface area contributed by atoms with Crippen molar-refractivity contribution in [3.63, 3.8) is 0 Å². The second kappa shape index (κ2) is 8.87. The highest BCUT2D eigenvalue weighted by Crippen LogP contribution is 2.88. The van der Waals surface area contributed by atoms with E-state index < -0.39 is 0 Å². The van der Waals surface area contributed by atoms with E-state index in [2.05, 4.69) is 55.0 Å². The maximum atomic E-state index is 11.7. The molecule has 11 atom stereocenters. The molecular weight excluding hydrogens is 440 g/mol. The Morgan fingerprint density at radius 3 is 2.28 bits per heavy atom. The highest BCUT2D eigenvalue weighted by Gasteiger charge is 2.81. The summed E-state index contributed by atoms with van der Waals surface area (Å²) in [5, 5.41) is 0. The lowest BCUT2D eigenvalue weighted by Crippen LogP contribution is -2.56. The largest absolute Gasteiger partial charge is 0.462 e. The molecule has 5 fully saturated rings. The lowest BCUT2D eigenvalue weighted by Gasteiger charge is -2.62. The Morgan fingerprint density at radius 2 is 1.64 bits per heavy atom. The van der Waals surface area contributed by atoms with Gasteiger partial charge in [0.2, 0.25) is 0 Å². The predicted molar refractivity (Wildman–Crippen MR) is 149 cm³/mol. The van der Waals surface area contributed by atoms with E-state index in [1.807, 2.05) is 0 Å². The summed E-state index contributed by atoms with van der Waals surface area (Å²) in [7, 11) is 0. The summed E-state index contributed by atoms with van der Waals surface area (Å²) in [4.78, 5) is 11.7. The molecular formula is C34H56O2. The number of hydrogen-bond acceptors (Lipinski definition) is 2. The number of fused-ring (bicyclic) bond motifs is 2. The zero-order valence-electron chi connectivity index (χ0n) is 24.9. The van der Waals surface area contributed by atoms with Crippen LogP contribution < -0.4 is 0 Å². The van der Waals surface area contributed by atoms with Gasteiger partial charge in [-0.1, -0.05) is 53.7 Å². The Hall–Kier alpha value is -0.790. The summed E-state index contributed by atoms with van der Waals surface area (Å²) < 4.78 is 5.82. The molecule has 0 heterocycles. The van der Waals surface area contributed by atoms with Gasteiger partial charge in [0.1, 0.15) is 6.10 Å². The number of ether oxygens (including phenoxy) is 1.